The highest BCUT2D eigenvalue weighted by Crippen LogP contribution is 2.37. The largest absolute Gasteiger partial charge is 0.498 e. The van der Waals surface area contributed by atoms with Crippen LogP contribution in [0.1, 0.15) is 27.7 Å². The summed E-state index contributed by atoms with van der Waals surface area (Å²) in [6.45, 7) is 11.5. The van der Waals surface area contributed by atoms with E-state index in [1.807, 2.05) is 13.2 Å². The van der Waals surface area contributed by atoms with Crippen molar-refractivity contribution in [1.29, 1.82) is 0 Å². The van der Waals surface area contributed by atoms with Crippen LogP contribution < -0.4 is 15.7 Å². The minimum atomic E-state index is -0.420. The topological polar surface area (TPSA) is 55.9 Å². The van der Waals surface area contributed by atoms with Gasteiger partial charge in [-0.05, 0) is 33.8 Å². The predicted octanol–water partition coefficient (Wildman–Crippen LogP) is 1.26. The number of hydrogen-bond acceptors (Lipinski definition) is 6. The maximum atomic E-state index is 6.19. The van der Waals surface area contributed by atoms with Gasteiger partial charge in [-0.2, -0.15) is 0 Å². The Morgan fingerprint density at radius 1 is 1.13 bits per heavy atom. The number of pyridine rings is 1. The van der Waals surface area contributed by atoms with Crippen molar-refractivity contribution in [3.63, 3.8) is 0 Å². The van der Waals surface area contributed by atoms with Gasteiger partial charge in [0.05, 0.1) is 36.3 Å². The van der Waals surface area contributed by atoms with Gasteiger partial charge in [-0.1, -0.05) is 0 Å². The van der Waals surface area contributed by atoms with Gasteiger partial charge in [0.25, 0.3) is 0 Å². The standard InChI is InChI=1S/C16H26BN3O3/c1-15(2)16(3,4)23-17(22-15)13-10-12(11-19-14(13)18-5)20-6-8-21-9-7-20/h10-11H,6-9H2,1-5H3,(H,18,19). The zero-order chi connectivity index (χ0) is 16.7. The van der Waals surface area contributed by atoms with E-state index in [0.717, 1.165) is 43.3 Å². The van der Waals surface area contributed by atoms with Gasteiger partial charge < -0.3 is 24.3 Å². The molecule has 7 heteroatoms. The first-order valence-corrected chi connectivity index (χ1v) is 8.20. The third kappa shape index (κ3) is 3.05. The van der Waals surface area contributed by atoms with Crippen molar-refractivity contribution in [2.24, 2.45) is 0 Å². The van der Waals surface area contributed by atoms with E-state index in [9.17, 15) is 0 Å². The van der Waals surface area contributed by atoms with Crippen molar-refractivity contribution in [2.75, 3.05) is 43.6 Å². The monoisotopic (exact) mass is 319 g/mol. The molecule has 1 aromatic heterocycles. The molecule has 0 saturated carbocycles. The third-order valence-electron chi connectivity index (χ3n) is 5.02. The zero-order valence-electron chi connectivity index (χ0n) is 14.7. The summed E-state index contributed by atoms with van der Waals surface area (Å²) < 4.78 is 17.8. The normalized spacial score (nSPS) is 23.2. The number of rotatable bonds is 3. The highest BCUT2D eigenvalue weighted by atomic mass is 16.7. The summed E-state index contributed by atoms with van der Waals surface area (Å²) in [5, 5.41) is 3.14. The van der Waals surface area contributed by atoms with Crippen LogP contribution in [0.4, 0.5) is 11.5 Å². The van der Waals surface area contributed by atoms with Crippen LogP contribution in [0.3, 0.4) is 0 Å². The van der Waals surface area contributed by atoms with Crippen LogP contribution in [-0.2, 0) is 14.0 Å². The summed E-state index contributed by atoms with van der Waals surface area (Å²) >= 11 is 0. The molecule has 2 aliphatic heterocycles. The average molecular weight is 319 g/mol. The van der Waals surface area contributed by atoms with Crippen molar-refractivity contribution in [2.45, 2.75) is 38.9 Å². The Hall–Kier alpha value is -1.31. The third-order valence-corrected chi connectivity index (χ3v) is 5.02. The summed E-state index contributed by atoms with van der Waals surface area (Å²) in [5.41, 5.74) is 1.29. The van der Waals surface area contributed by atoms with Crippen LogP contribution in [0.5, 0.6) is 0 Å². The van der Waals surface area contributed by atoms with Gasteiger partial charge in [-0.15, -0.1) is 0 Å². The van der Waals surface area contributed by atoms with Crippen LogP contribution in [-0.4, -0.2) is 56.7 Å². The van der Waals surface area contributed by atoms with E-state index in [1.165, 1.54) is 0 Å². The first-order chi connectivity index (χ1) is 10.8. The highest BCUT2D eigenvalue weighted by molar-refractivity contribution is 6.63. The number of aromatic nitrogens is 1. The Morgan fingerprint density at radius 2 is 1.74 bits per heavy atom. The Bertz CT molecular complexity index is 558. The molecule has 0 spiro atoms. The SMILES string of the molecule is CNc1ncc(N2CCOCC2)cc1B1OC(C)(C)C(C)(C)O1. The molecule has 6 nitrogen and oxygen atoms in total. The second-order valence-electron chi connectivity index (χ2n) is 7.07. The van der Waals surface area contributed by atoms with Crippen LogP contribution in [0.25, 0.3) is 0 Å². The minimum absolute atomic E-state index is 0.363. The van der Waals surface area contributed by atoms with E-state index in [-0.39, 0.29) is 11.2 Å². The fourth-order valence-electron chi connectivity index (χ4n) is 2.82. The second-order valence-corrected chi connectivity index (χ2v) is 7.07. The number of nitrogens with one attached hydrogen (secondary N) is 1. The quantitative estimate of drug-likeness (QED) is 0.847. The first kappa shape index (κ1) is 16.5. The predicted molar refractivity (Wildman–Crippen MR) is 92.5 cm³/mol. The van der Waals surface area contributed by atoms with Gasteiger partial charge in [0.2, 0.25) is 0 Å². The van der Waals surface area contributed by atoms with Crippen LogP contribution in [0, 0.1) is 0 Å². The lowest BCUT2D eigenvalue weighted by Crippen LogP contribution is -2.41. The van der Waals surface area contributed by atoms with E-state index in [4.69, 9.17) is 14.0 Å². The lowest BCUT2D eigenvalue weighted by Gasteiger charge is -2.32. The van der Waals surface area contributed by atoms with Gasteiger partial charge in [0.1, 0.15) is 5.82 Å². The summed E-state index contributed by atoms with van der Waals surface area (Å²) in [5.74, 6) is 0.792. The molecule has 2 aliphatic rings. The van der Waals surface area contributed by atoms with Gasteiger partial charge in [-0.25, -0.2) is 4.98 Å². The number of morpholine rings is 1. The summed E-state index contributed by atoms with van der Waals surface area (Å²) in [7, 11) is 1.45. The van der Waals surface area contributed by atoms with Crippen LogP contribution >= 0.6 is 0 Å². The second kappa shape index (κ2) is 5.96. The molecule has 0 aliphatic carbocycles. The Labute approximate surface area is 138 Å². The minimum Gasteiger partial charge on any atom is -0.399 e. The fraction of sp³-hybridized carbons (Fsp3) is 0.688. The van der Waals surface area contributed by atoms with Gasteiger partial charge >= 0.3 is 7.12 Å². The number of ether oxygens (including phenoxy) is 1. The smallest absolute Gasteiger partial charge is 0.399 e. The van der Waals surface area contributed by atoms with Gasteiger partial charge in [0.15, 0.2) is 0 Å². The van der Waals surface area contributed by atoms with E-state index in [2.05, 4.69) is 49.0 Å². The van der Waals surface area contributed by atoms with Gasteiger partial charge in [-0.3, -0.25) is 0 Å². The van der Waals surface area contributed by atoms with Gasteiger partial charge in [0, 0.05) is 25.6 Å². The summed E-state index contributed by atoms with van der Waals surface area (Å²) in [4.78, 5) is 6.84. The molecule has 1 aromatic rings. The molecule has 0 bridgehead atoms. The van der Waals surface area contributed by atoms with E-state index in [0.29, 0.717) is 0 Å². The van der Waals surface area contributed by atoms with Crippen molar-refractivity contribution < 1.29 is 14.0 Å². The fourth-order valence-corrected chi connectivity index (χ4v) is 2.82. The lowest BCUT2D eigenvalue weighted by molar-refractivity contribution is 0.00578. The first-order valence-electron chi connectivity index (χ1n) is 8.20. The molecule has 3 heterocycles. The average Bonchev–Trinajstić information content (AvgIpc) is 2.75. The molecule has 0 unspecified atom stereocenters. The Morgan fingerprint density at radius 3 is 2.30 bits per heavy atom. The van der Waals surface area contributed by atoms with Crippen LogP contribution in [0.15, 0.2) is 12.3 Å². The number of anilines is 2. The molecular formula is C16H26BN3O3. The number of nitrogens with zero attached hydrogens (tertiary/aromatic N) is 2. The van der Waals surface area contributed by atoms with E-state index in [1.54, 1.807) is 0 Å². The molecule has 23 heavy (non-hydrogen) atoms. The maximum absolute atomic E-state index is 6.19. The molecular weight excluding hydrogens is 293 g/mol. The van der Waals surface area contributed by atoms with Crippen molar-refractivity contribution in [1.82, 2.24) is 4.98 Å². The molecule has 3 rings (SSSR count). The highest BCUT2D eigenvalue weighted by Gasteiger charge is 2.52. The molecule has 1 N–H and O–H groups in total. The molecule has 0 amide bonds. The summed E-state index contributed by atoms with van der Waals surface area (Å²) in [6.07, 6.45) is 1.89. The zero-order valence-corrected chi connectivity index (χ0v) is 14.7. The van der Waals surface area contributed by atoms with E-state index < -0.39 is 7.12 Å². The maximum Gasteiger partial charge on any atom is 0.498 e. The molecule has 0 aromatic carbocycles. The molecule has 0 radical (unpaired) electrons. The van der Waals surface area contributed by atoms with Crippen molar-refractivity contribution >= 4 is 24.1 Å². The van der Waals surface area contributed by atoms with Crippen LogP contribution in [0.2, 0.25) is 0 Å². The Kier molecular flexibility index (Phi) is 4.29. The molecule has 0 atom stereocenters. The summed E-state index contributed by atoms with van der Waals surface area (Å²) in [6, 6.07) is 2.12. The molecule has 2 saturated heterocycles. The molecule has 2 fully saturated rings. The molecule has 126 valence electrons. The Balaban J connectivity index is 1.91. The van der Waals surface area contributed by atoms with Crippen molar-refractivity contribution in [3.8, 4) is 0 Å². The van der Waals surface area contributed by atoms with Crippen molar-refractivity contribution in [3.05, 3.63) is 12.3 Å². The lowest BCUT2D eigenvalue weighted by atomic mass is 9.79. The van der Waals surface area contributed by atoms with E-state index >= 15 is 0 Å². The number of hydrogen-bond donors (Lipinski definition) is 1.